The van der Waals surface area contributed by atoms with Crippen molar-refractivity contribution in [2.24, 2.45) is 4.99 Å². The number of halogens is 2. The van der Waals surface area contributed by atoms with Crippen LogP contribution < -0.4 is 20.1 Å². The van der Waals surface area contributed by atoms with Gasteiger partial charge in [0.15, 0.2) is 5.96 Å². The molecule has 0 heterocycles. The van der Waals surface area contributed by atoms with E-state index in [0.717, 1.165) is 6.42 Å². The fourth-order valence-corrected chi connectivity index (χ4v) is 2.50. The molecule has 0 saturated carbocycles. The highest BCUT2D eigenvalue weighted by atomic mass is 19.3. The van der Waals surface area contributed by atoms with Gasteiger partial charge in [0.1, 0.15) is 11.5 Å². The van der Waals surface area contributed by atoms with Crippen LogP contribution in [0.2, 0.25) is 0 Å². The van der Waals surface area contributed by atoms with Crippen molar-refractivity contribution in [1.29, 1.82) is 0 Å². The summed E-state index contributed by atoms with van der Waals surface area (Å²) in [4.78, 5) is 17.9. The standard InChI is InChI=1S/C20H32F2N4O3/c1-7-10-28-15-9-8-14(16(11-15)29-18(21)22)12-24-19(23-5)26(6)13-17(27)25-20(2,3)4/h8-9,11,18H,7,10,12-13H2,1-6H3,(H,23,24)(H,25,27). The molecule has 29 heavy (non-hydrogen) atoms. The predicted octanol–water partition coefficient (Wildman–Crippen LogP) is 3.00. The largest absolute Gasteiger partial charge is 0.493 e. The van der Waals surface area contributed by atoms with Gasteiger partial charge in [-0.15, -0.1) is 0 Å². The van der Waals surface area contributed by atoms with Gasteiger partial charge < -0.3 is 25.0 Å². The predicted molar refractivity (Wildman–Crippen MR) is 110 cm³/mol. The fourth-order valence-electron chi connectivity index (χ4n) is 2.50. The minimum absolute atomic E-state index is 0.0321. The van der Waals surface area contributed by atoms with Crippen LogP contribution in [0.1, 0.15) is 39.7 Å². The summed E-state index contributed by atoms with van der Waals surface area (Å²) in [5.41, 5.74) is 0.181. The molecule has 0 aliphatic heterocycles. The van der Waals surface area contributed by atoms with Gasteiger partial charge in [-0.3, -0.25) is 9.79 Å². The van der Waals surface area contributed by atoms with Gasteiger partial charge in [0.25, 0.3) is 0 Å². The smallest absolute Gasteiger partial charge is 0.387 e. The Labute approximate surface area is 171 Å². The molecule has 1 aromatic carbocycles. The number of hydrogen-bond donors (Lipinski definition) is 2. The number of rotatable bonds is 9. The molecular formula is C20H32F2N4O3. The average molecular weight is 414 g/mol. The number of ether oxygens (including phenoxy) is 2. The van der Waals surface area contributed by atoms with Crippen LogP contribution in [0.5, 0.6) is 11.5 Å². The Hall–Kier alpha value is -2.58. The molecule has 164 valence electrons. The third-order valence-corrected chi connectivity index (χ3v) is 3.63. The summed E-state index contributed by atoms with van der Waals surface area (Å²) in [5, 5.41) is 5.94. The lowest BCUT2D eigenvalue weighted by Gasteiger charge is -2.25. The third-order valence-electron chi connectivity index (χ3n) is 3.63. The van der Waals surface area contributed by atoms with Crippen molar-refractivity contribution >= 4 is 11.9 Å². The van der Waals surface area contributed by atoms with Crippen LogP contribution in [0.3, 0.4) is 0 Å². The van der Waals surface area contributed by atoms with Crippen LogP contribution in [-0.4, -0.2) is 56.2 Å². The Morgan fingerprint density at radius 3 is 2.55 bits per heavy atom. The van der Waals surface area contributed by atoms with E-state index in [9.17, 15) is 13.6 Å². The monoisotopic (exact) mass is 414 g/mol. The second-order valence-corrected chi connectivity index (χ2v) is 7.55. The van der Waals surface area contributed by atoms with Gasteiger partial charge in [0.05, 0.1) is 13.2 Å². The molecule has 0 bridgehead atoms. The minimum atomic E-state index is -2.95. The average Bonchev–Trinajstić information content (AvgIpc) is 2.59. The Balaban J connectivity index is 2.81. The molecule has 0 aromatic heterocycles. The van der Waals surface area contributed by atoms with E-state index in [1.165, 1.54) is 6.07 Å². The van der Waals surface area contributed by atoms with Crippen molar-refractivity contribution in [1.82, 2.24) is 15.5 Å². The van der Waals surface area contributed by atoms with Crippen molar-refractivity contribution in [3.63, 3.8) is 0 Å². The highest BCUT2D eigenvalue weighted by molar-refractivity contribution is 5.86. The summed E-state index contributed by atoms with van der Waals surface area (Å²) in [7, 11) is 3.30. The second kappa shape index (κ2) is 11.4. The molecular weight excluding hydrogens is 382 g/mol. The quantitative estimate of drug-likeness (QED) is 0.480. The molecule has 0 aliphatic carbocycles. The number of carbonyl (C=O) groups excluding carboxylic acids is 1. The summed E-state index contributed by atoms with van der Waals surface area (Å²) < 4.78 is 35.7. The van der Waals surface area contributed by atoms with Crippen LogP contribution >= 0.6 is 0 Å². The molecule has 0 unspecified atom stereocenters. The molecule has 2 N–H and O–H groups in total. The SMILES string of the molecule is CCCOc1ccc(CNC(=NC)N(C)CC(=O)NC(C)(C)C)c(OC(F)F)c1. The normalized spacial score (nSPS) is 12.0. The lowest BCUT2D eigenvalue weighted by molar-refractivity contribution is -0.122. The van der Waals surface area contributed by atoms with Gasteiger partial charge in [-0.2, -0.15) is 8.78 Å². The number of carbonyl (C=O) groups is 1. The molecule has 1 aromatic rings. The molecule has 0 fully saturated rings. The zero-order valence-corrected chi connectivity index (χ0v) is 18.0. The summed E-state index contributed by atoms with van der Waals surface area (Å²) in [6, 6.07) is 4.81. The van der Waals surface area contributed by atoms with Gasteiger partial charge >= 0.3 is 6.61 Å². The van der Waals surface area contributed by atoms with E-state index < -0.39 is 6.61 Å². The number of aliphatic imine (C=N–C) groups is 1. The minimum Gasteiger partial charge on any atom is -0.493 e. The molecule has 0 saturated heterocycles. The van der Waals surface area contributed by atoms with Crippen molar-refractivity contribution < 1.29 is 23.0 Å². The summed E-state index contributed by atoms with van der Waals surface area (Å²) >= 11 is 0. The van der Waals surface area contributed by atoms with Crippen molar-refractivity contribution in [2.45, 2.75) is 52.8 Å². The third kappa shape index (κ3) is 9.45. The molecule has 0 radical (unpaired) electrons. The molecule has 0 atom stereocenters. The van der Waals surface area contributed by atoms with Crippen LogP contribution in [0.4, 0.5) is 8.78 Å². The number of benzene rings is 1. The maximum Gasteiger partial charge on any atom is 0.387 e. The molecule has 7 nitrogen and oxygen atoms in total. The molecule has 0 spiro atoms. The Kier molecular flexibility index (Phi) is 9.64. The van der Waals surface area contributed by atoms with E-state index in [1.807, 2.05) is 27.7 Å². The second-order valence-electron chi connectivity index (χ2n) is 7.55. The summed E-state index contributed by atoms with van der Waals surface area (Å²) in [5.74, 6) is 0.793. The van der Waals surface area contributed by atoms with Crippen LogP contribution in [0.15, 0.2) is 23.2 Å². The number of guanidine groups is 1. The van der Waals surface area contributed by atoms with Crippen LogP contribution in [0, 0.1) is 0 Å². The lowest BCUT2D eigenvalue weighted by Crippen LogP contribution is -2.48. The Morgan fingerprint density at radius 1 is 1.31 bits per heavy atom. The first-order valence-corrected chi connectivity index (χ1v) is 9.49. The summed E-state index contributed by atoms with van der Waals surface area (Å²) in [6.07, 6.45) is 0.805. The molecule has 1 rings (SSSR count). The molecule has 9 heteroatoms. The van der Waals surface area contributed by atoms with Gasteiger partial charge in [-0.25, -0.2) is 0 Å². The highest BCUT2D eigenvalue weighted by Crippen LogP contribution is 2.26. The summed E-state index contributed by atoms with van der Waals surface area (Å²) in [6.45, 7) is 5.48. The van der Waals surface area contributed by atoms with Gasteiger partial charge in [-0.1, -0.05) is 6.92 Å². The van der Waals surface area contributed by atoms with Crippen molar-refractivity contribution in [3.8, 4) is 11.5 Å². The van der Waals surface area contributed by atoms with Crippen molar-refractivity contribution in [3.05, 3.63) is 23.8 Å². The van der Waals surface area contributed by atoms with Crippen LogP contribution in [0.25, 0.3) is 0 Å². The molecule has 0 aliphatic rings. The lowest BCUT2D eigenvalue weighted by atomic mass is 10.1. The van der Waals surface area contributed by atoms with E-state index in [1.54, 1.807) is 31.1 Å². The number of amides is 1. The number of likely N-dealkylation sites (N-methyl/N-ethyl adjacent to an activating group) is 1. The first-order valence-electron chi connectivity index (χ1n) is 9.49. The van der Waals surface area contributed by atoms with Gasteiger partial charge in [0.2, 0.25) is 5.91 Å². The number of hydrogen-bond acceptors (Lipinski definition) is 4. The first kappa shape index (κ1) is 24.5. The first-order chi connectivity index (χ1) is 13.6. The topological polar surface area (TPSA) is 75.2 Å². The van der Waals surface area contributed by atoms with E-state index in [-0.39, 0.29) is 30.3 Å². The van der Waals surface area contributed by atoms with E-state index in [0.29, 0.717) is 23.9 Å². The number of nitrogens with zero attached hydrogens (tertiary/aromatic N) is 2. The highest BCUT2D eigenvalue weighted by Gasteiger charge is 2.17. The van der Waals surface area contributed by atoms with E-state index in [4.69, 9.17) is 4.74 Å². The van der Waals surface area contributed by atoms with Crippen molar-refractivity contribution in [2.75, 3.05) is 27.2 Å². The van der Waals surface area contributed by atoms with E-state index in [2.05, 4.69) is 20.4 Å². The van der Waals surface area contributed by atoms with Gasteiger partial charge in [-0.05, 0) is 39.3 Å². The maximum atomic E-state index is 12.8. The Morgan fingerprint density at radius 2 is 2.00 bits per heavy atom. The van der Waals surface area contributed by atoms with Gasteiger partial charge in [0, 0.05) is 37.8 Å². The fraction of sp³-hybridized carbons (Fsp3) is 0.600. The zero-order valence-electron chi connectivity index (χ0n) is 18.0. The Bertz CT molecular complexity index is 691. The maximum absolute atomic E-state index is 12.8. The van der Waals surface area contributed by atoms with E-state index >= 15 is 0 Å². The van der Waals surface area contributed by atoms with Crippen LogP contribution in [-0.2, 0) is 11.3 Å². The molecule has 1 amide bonds. The number of nitrogens with one attached hydrogen (secondary N) is 2. The number of alkyl halides is 2. The zero-order chi connectivity index (χ0) is 22.0.